The summed E-state index contributed by atoms with van der Waals surface area (Å²) in [5, 5.41) is 21.6. The number of ketones is 1. The number of phenolic OH excluding ortho intramolecular Hbond substituents is 1. The Balaban J connectivity index is 0. The Kier molecular flexibility index (Phi) is 14.0. The van der Waals surface area contributed by atoms with Crippen molar-refractivity contribution in [1.82, 2.24) is 0 Å². The topological polar surface area (TPSA) is 57.5 Å². The summed E-state index contributed by atoms with van der Waals surface area (Å²) in [6.45, 7) is 6.24. The first-order valence-electron chi connectivity index (χ1n) is 11.5. The molecule has 4 aliphatic carbocycles. The molecule has 0 bridgehead atoms. The highest BCUT2D eigenvalue weighted by atomic mass is 32.1. The van der Waals surface area contributed by atoms with Crippen molar-refractivity contribution < 1.29 is 15.0 Å². The summed E-state index contributed by atoms with van der Waals surface area (Å²) in [5.41, 5.74) is 4.55. The predicted molar refractivity (Wildman–Crippen MR) is 169 cm³/mol. The third kappa shape index (κ3) is 5.67. The zero-order valence-electron chi connectivity index (χ0n) is 19.4. The fourth-order valence-electron chi connectivity index (χ4n) is 7.33. The van der Waals surface area contributed by atoms with Crippen LogP contribution in [0.4, 0.5) is 0 Å². The maximum atomic E-state index is 12.1. The van der Waals surface area contributed by atoms with Gasteiger partial charge >= 0.3 is 0 Å². The molecule has 2 fully saturated rings. The molecule has 0 heterocycles. The fourth-order valence-corrected chi connectivity index (χ4v) is 7.33. The number of hydrogen-bond donors (Lipinski definition) is 2. The van der Waals surface area contributed by atoms with Gasteiger partial charge in [0.1, 0.15) is 5.75 Å². The first kappa shape index (κ1) is 37.1. The Hall–Kier alpha value is -1.08. The van der Waals surface area contributed by atoms with E-state index in [1.54, 1.807) is 12.1 Å². The lowest BCUT2D eigenvalue weighted by Gasteiger charge is -2.55. The van der Waals surface area contributed by atoms with E-state index in [1.165, 1.54) is 22.3 Å². The molecule has 1 aromatic rings. The summed E-state index contributed by atoms with van der Waals surface area (Å²) in [7, 11) is 0. The van der Waals surface area contributed by atoms with Gasteiger partial charge in [-0.3, -0.25) is 4.79 Å². The van der Waals surface area contributed by atoms with E-state index in [0.29, 0.717) is 24.7 Å². The molecular formula is C30H50O3S3. The zero-order chi connectivity index (χ0) is 21.1. The summed E-state index contributed by atoms with van der Waals surface area (Å²) in [6, 6.07) is 7.64. The Morgan fingerprint density at radius 2 is 1.67 bits per heavy atom. The van der Waals surface area contributed by atoms with Crippen LogP contribution in [-0.2, 0) is 4.79 Å². The predicted octanol–water partition coefficient (Wildman–Crippen LogP) is 7.85. The normalized spacial score (nSPS) is 31.6. The van der Waals surface area contributed by atoms with Crippen LogP contribution >= 0.6 is 40.5 Å². The van der Waals surface area contributed by atoms with Crippen molar-refractivity contribution in [1.29, 1.82) is 0 Å². The van der Waals surface area contributed by atoms with Gasteiger partial charge in [0.15, 0.2) is 5.78 Å². The molecule has 1 aromatic carbocycles. The molecule has 2 saturated carbocycles. The number of benzene rings is 1. The second-order valence-corrected chi connectivity index (χ2v) is 10.2. The van der Waals surface area contributed by atoms with Crippen LogP contribution in [0.1, 0.15) is 92.1 Å². The van der Waals surface area contributed by atoms with Crippen LogP contribution in [0.5, 0.6) is 5.75 Å². The van der Waals surface area contributed by atoms with Crippen molar-refractivity contribution >= 4 is 46.3 Å². The van der Waals surface area contributed by atoms with Crippen LogP contribution in [0, 0.1) is 17.3 Å². The van der Waals surface area contributed by atoms with Gasteiger partial charge in [-0.05, 0) is 91.7 Å². The fraction of sp³-hybridized carbons (Fsp3) is 0.567. The van der Waals surface area contributed by atoms with Gasteiger partial charge in [0, 0.05) is 17.8 Å². The van der Waals surface area contributed by atoms with Gasteiger partial charge in [-0.15, -0.1) is 6.58 Å². The van der Waals surface area contributed by atoms with Crippen LogP contribution in [0.25, 0.3) is 0 Å². The second-order valence-electron chi connectivity index (χ2n) is 10.2. The van der Waals surface area contributed by atoms with E-state index in [1.807, 2.05) is 24.3 Å². The molecule has 36 heavy (non-hydrogen) atoms. The van der Waals surface area contributed by atoms with Gasteiger partial charge in [-0.1, -0.05) is 53.0 Å². The van der Waals surface area contributed by atoms with Gasteiger partial charge in [0.05, 0.1) is 5.60 Å². The average Bonchev–Trinajstić information content (AvgIpc) is 2.98. The summed E-state index contributed by atoms with van der Waals surface area (Å²) >= 11 is 0. The zero-order valence-corrected chi connectivity index (χ0v) is 22.4. The third-order valence-corrected chi connectivity index (χ3v) is 8.83. The molecule has 3 nitrogen and oxygen atoms in total. The molecule has 0 aliphatic heterocycles. The van der Waals surface area contributed by atoms with Gasteiger partial charge in [0.2, 0.25) is 0 Å². The second kappa shape index (κ2) is 13.6. The van der Waals surface area contributed by atoms with E-state index in [0.717, 1.165) is 38.5 Å². The van der Waals surface area contributed by atoms with Crippen LogP contribution in [-0.4, -0.2) is 21.6 Å². The van der Waals surface area contributed by atoms with E-state index in [-0.39, 0.29) is 85.6 Å². The van der Waals surface area contributed by atoms with Crippen molar-refractivity contribution in [3.05, 3.63) is 65.3 Å². The van der Waals surface area contributed by atoms with E-state index < -0.39 is 5.60 Å². The number of rotatable bonds is 3. The van der Waals surface area contributed by atoms with Crippen LogP contribution in [0.15, 0.2) is 59.7 Å². The minimum atomic E-state index is -0.705. The lowest BCUT2D eigenvalue weighted by Crippen LogP contribution is -2.51. The monoisotopic (exact) mass is 554 g/mol. The summed E-state index contributed by atoms with van der Waals surface area (Å²) in [5.74, 6) is 1.69. The third-order valence-electron chi connectivity index (χ3n) is 8.83. The van der Waals surface area contributed by atoms with Crippen molar-refractivity contribution in [2.24, 2.45) is 17.3 Å². The van der Waals surface area contributed by atoms with E-state index >= 15 is 0 Å². The molecule has 0 radical (unpaired) electrons. The molecule has 5 rings (SSSR count). The Labute approximate surface area is 240 Å². The molecule has 5 atom stereocenters. The van der Waals surface area contributed by atoms with Gasteiger partial charge in [-0.25, -0.2) is 0 Å². The maximum Gasteiger partial charge on any atom is 0.156 e. The average molecular weight is 555 g/mol. The van der Waals surface area contributed by atoms with Gasteiger partial charge < -0.3 is 10.2 Å². The standard InChI is InChI=1S/C27H32O3.3CH4.3H2S/c1-3-13-27(30)14-12-24-22-10-6-18-15-20(29)9-11-21(18)25(22)23(16-26(24,27)2)17-4-7-19(28)8-5-17;;;;;;/h3-5,7-8,15,22-24,28,30H,1,6,9-14,16H2,2H3;3*1H4;3*1H2/t22-,23+,24-,26-,27-;;;;;;/m0....../s1. The number of hydrogen-bond acceptors (Lipinski definition) is 3. The molecule has 0 aromatic heterocycles. The highest BCUT2D eigenvalue weighted by Crippen LogP contribution is 2.67. The molecule has 4 aliphatic rings. The lowest BCUT2D eigenvalue weighted by molar-refractivity contribution is -0.114. The van der Waals surface area contributed by atoms with Crippen LogP contribution in [0.3, 0.4) is 0 Å². The van der Waals surface area contributed by atoms with E-state index in [9.17, 15) is 15.0 Å². The first-order chi connectivity index (χ1) is 14.4. The Bertz CT molecular complexity index is 968. The summed E-state index contributed by atoms with van der Waals surface area (Å²) in [6.07, 6.45) is 10.7. The maximum absolute atomic E-state index is 12.1. The Morgan fingerprint density at radius 3 is 2.28 bits per heavy atom. The highest BCUT2D eigenvalue weighted by Gasteiger charge is 2.62. The van der Waals surface area contributed by atoms with Crippen LogP contribution in [0.2, 0.25) is 0 Å². The van der Waals surface area contributed by atoms with Gasteiger partial charge in [0.25, 0.3) is 0 Å². The van der Waals surface area contributed by atoms with Crippen molar-refractivity contribution in [2.45, 2.75) is 92.1 Å². The first-order valence-corrected chi connectivity index (χ1v) is 11.5. The summed E-state index contributed by atoms with van der Waals surface area (Å²) in [4.78, 5) is 12.1. The van der Waals surface area contributed by atoms with E-state index in [4.69, 9.17) is 0 Å². The Morgan fingerprint density at radius 1 is 1.03 bits per heavy atom. The molecule has 0 unspecified atom stereocenters. The molecule has 0 saturated heterocycles. The van der Waals surface area contributed by atoms with Crippen molar-refractivity contribution in [2.75, 3.05) is 0 Å². The molecule has 2 N–H and O–H groups in total. The minimum absolute atomic E-state index is 0. The molecule has 6 heteroatoms. The van der Waals surface area contributed by atoms with E-state index in [2.05, 4.69) is 13.5 Å². The lowest BCUT2D eigenvalue weighted by atomic mass is 9.51. The smallest absolute Gasteiger partial charge is 0.156 e. The number of fused-ring (bicyclic) bond motifs is 4. The number of carbonyl (C=O) groups excluding carboxylic acids is 1. The molecule has 206 valence electrons. The molecular weight excluding hydrogens is 505 g/mol. The summed E-state index contributed by atoms with van der Waals surface area (Å²) < 4.78 is 0. The number of phenols is 1. The number of allylic oxidation sites excluding steroid dienone is 4. The number of aliphatic hydroxyl groups is 1. The number of carbonyl (C=O) groups is 1. The van der Waals surface area contributed by atoms with Gasteiger partial charge in [-0.2, -0.15) is 40.5 Å². The largest absolute Gasteiger partial charge is 0.508 e. The van der Waals surface area contributed by atoms with Crippen LogP contribution < -0.4 is 0 Å². The minimum Gasteiger partial charge on any atom is -0.508 e. The highest BCUT2D eigenvalue weighted by molar-refractivity contribution is 7.59. The SMILES string of the molecule is C.C.C.C=CC[C@]1(O)CC[C@H]2[C@@H]3CCC4=CC(=O)CCC4=C3[C@@H](c3ccc(O)cc3)C[C@@]21C.S.S.S. The quantitative estimate of drug-likeness (QED) is 0.374. The van der Waals surface area contributed by atoms with Crippen molar-refractivity contribution in [3.63, 3.8) is 0 Å². The number of aromatic hydroxyl groups is 1. The van der Waals surface area contributed by atoms with Crippen molar-refractivity contribution in [3.8, 4) is 5.75 Å². The molecule has 0 amide bonds. The molecule has 0 spiro atoms.